The van der Waals surface area contributed by atoms with Crippen molar-refractivity contribution in [2.45, 2.75) is 6.92 Å². The zero-order valence-electron chi connectivity index (χ0n) is 10.4. The Morgan fingerprint density at radius 2 is 1.79 bits per heavy atom. The molecule has 0 radical (unpaired) electrons. The Morgan fingerprint density at radius 3 is 2.42 bits per heavy atom. The molecule has 0 bridgehead atoms. The van der Waals surface area contributed by atoms with Gasteiger partial charge in [0, 0.05) is 17.9 Å². The van der Waals surface area contributed by atoms with Crippen molar-refractivity contribution in [2.75, 3.05) is 11.4 Å². The Bertz CT molecular complexity index is 632. The normalized spacial score (nSPS) is 10.0. The van der Waals surface area contributed by atoms with E-state index in [0.717, 1.165) is 0 Å². The van der Waals surface area contributed by atoms with E-state index >= 15 is 0 Å². The number of rotatable bonds is 3. The van der Waals surface area contributed by atoms with Crippen molar-refractivity contribution < 1.29 is 8.78 Å². The maximum absolute atomic E-state index is 13.5. The minimum Gasteiger partial charge on any atom is -0.342 e. The lowest BCUT2D eigenvalue weighted by Crippen LogP contribution is -2.16. The summed E-state index contributed by atoms with van der Waals surface area (Å²) in [6, 6.07) is 12.0. The first-order valence-electron chi connectivity index (χ1n) is 5.88. The fraction of sp³-hybridized carbons (Fsp3) is 0.133. The molecule has 2 aromatic rings. The number of hydrogen-bond acceptors (Lipinski definition) is 2. The van der Waals surface area contributed by atoms with E-state index < -0.39 is 5.82 Å². The molecule has 0 heterocycles. The van der Waals surface area contributed by atoms with Crippen molar-refractivity contribution in [3.05, 3.63) is 59.7 Å². The van der Waals surface area contributed by atoms with Crippen molar-refractivity contribution in [2.24, 2.45) is 0 Å². The summed E-state index contributed by atoms with van der Waals surface area (Å²) in [5.74, 6) is -0.836. The average molecular weight is 258 g/mol. The number of nitrogens with zero attached hydrogens (tertiary/aromatic N) is 2. The lowest BCUT2D eigenvalue weighted by atomic mass is 10.1. The molecule has 4 heteroatoms. The molecule has 96 valence electrons. The highest BCUT2D eigenvalue weighted by atomic mass is 19.1. The van der Waals surface area contributed by atoms with Crippen molar-refractivity contribution in [1.82, 2.24) is 0 Å². The molecule has 0 aliphatic rings. The molecular formula is C15H12F2N2. The second kappa shape index (κ2) is 5.49. The van der Waals surface area contributed by atoms with Crippen LogP contribution >= 0.6 is 0 Å². The van der Waals surface area contributed by atoms with Gasteiger partial charge in [0.05, 0.1) is 11.6 Å². The fourth-order valence-corrected chi connectivity index (χ4v) is 1.95. The lowest BCUT2D eigenvalue weighted by Gasteiger charge is -2.23. The van der Waals surface area contributed by atoms with Gasteiger partial charge in [0.1, 0.15) is 11.6 Å². The quantitative estimate of drug-likeness (QED) is 0.832. The molecule has 19 heavy (non-hydrogen) atoms. The van der Waals surface area contributed by atoms with E-state index in [4.69, 9.17) is 5.26 Å². The fourth-order valence-electron chi connectivity index (χ4n) is 1.95. The van der Waals surface area contributed by atoms with E-state index in [9.17, 15) is 8.78 Å². The van der Waals surface area contributed by atoms with Crippen LogP contribution in [0.5, 0.6) is 0 Å². The molecule has 0 aromatic heterocycles. The minimum atomic E-state index is -0.482. The molecule has 0 fully saturated rings. The van der Waals surface area contributed by atoms with Gasteiger partial charge in [-0.2, -0.15) is 5.26 Å². The Labute approximate surface area is 110 Å². The van der Waals surface area contributed by atoms with Crippen LogP contribution in [-0.2, 0) is 0 Å². The van der Waals surface area contributed by atoms with Crippen molar-refractivity contribution >= 4 is 11.4 Å². The third kappa shape index (κ3) is 2.89. The molecule has 0 aliphatic heterocycles. The van der Waals surface area contributed by atoms with E-state index in [0.29, 0.717) is 17.9 Å². The molecule has 0 spiro atoms. The van der Waals surface area contributed by atoms with E-state index in [1.54, 1.807) is 23.1 Å². The maximum atomic E-state index is 13.5. The van der Waals surface area contributed by atoms with Gasteiger partial charge >= 0.3 is 0 Å². The maximum Gasteiger partial charge on any atom is 0.126 e. The van der Waals surface area contributed by atoms with Crippen LogP contribution in [0.4, 0.5) is 20.2 Å². The molecule has 2 rings (SSSR count). The molecule has 2 aromatic carbocycles. The third-order valence-corrected chi connectivity index (χ3v) is 2.76. The summed E-state index contributed by atoms with van der Waals surface area (Å²) in [4.78, 5) is 1.74. The second-order valence-corrected chi connectivity index (χ2v) is 4.03. The number of benzene rings is 2. The van der Waals surface area contributed by atoms with Gasteiger partial charge in [-0.25, -0.2) is 8.78 Å². The van der Waals surface area contributed by atoms with Gasteiger partial charge in [0.2, 0.25) is 0 Å². The smallest absolute Gasteiger partial charge is 0.126 e. The SMILES string of the molecule is CCN(c1cccc(F)c1)c1cc(F)cc(C#N)c1. The number of halogens is 2. The number of nitriles is 1. The summed E-state index contributed by atoms with van der Waals surface area (Å²) in [6.45, 7) is 2.42. The number of anilines is 2. The van der Waals surface area contributed by atoms with Crippen molar-refractivity contribution in [1.29, 1.82) is 5.26 Å². The Balaban J connectivity index is 2.48. The predicted octanol–water partition coefficient (Wildman–Crippen LogP) is 3.99. The highest BCUT2D eigenvalue weighted by Gasteiger charge is 2.10. The summed E-state index contributed by atoms with van der Waals surface area (Å²) in [7, 11) is 0. The minimum absolute atomic E-state index is 0.241. The first-order valence-corrected chi connectivity index (χ1v) is 5.88. The van der Waals surface area contributed by atoms with Crippen LogP contribution in [0, 0.1) is 23.0 Å². The second-order valence-electron chi connectivity index (χ2n) is 4.03. The Hall–Kier alpha value is -2.41. The van der Waals surface area contributed by atoms with Gasteiger partial charge < -0.3 is 4.90 Å². The largest absolute Gasteiger partial charge is 0.342 e. The summed E-state index contributed by atoms with van der Waals surface area (Å²) < 4.78 is 26.7. The van der Waals surface area contributed by atoms with Crippen molar-refractivity contribution in [3.63, 3.8) is 0 Å². The molecule has 0 N–H and O–H groups in total. The molecule has 0 unspecified atom stereocenters. The van der Waals surface area contributed by atoms with E-state index in [-0.39, 0.29) is 11.4 Å². The van der Waals surface area contributed by atoms with Gasteiger partial charge in [0.25, 0.3) is 0 Å². The van der Waals surface area contributed by atoms with Crippen LogP contribution in [0.25, 0.3) is 0 Å². The first-order chi connectivity index (χ1) is 9.13. The molecule has 0 saturated carbocycles. The van der Waals surface area contributed by atoms with Crippen LogP contribution in [0.3, 0.4) is 0 Å². The van der Waals surface area contributed by atoms with Crippen LogP contribution in [0.1, 0.15) is 12.5 Å². The zero-order chi connectivity index (χ0) is 13.8. The van der Waals surface area contributed by atoms with Crippen LogP contribution in [0.15, 0.2) is 42.5 Å². The van der Waals surface area contributed by atoms with Gasteiger partial charge in [-0.3, -0.25) is 0 Å². The molecule has 0 atom stereocenters. The topological polar surface area (TPSA) is 27.0 Å². The molecule has 0 saturated heterocycles. The van der Waals surface area contributed by atoms with E-state index in [1.165, 1.54) is 24.3 Å². The highest BCUT2D eigenvalue weighted by Crippen LogP contribution is 2.27. The summed E-state index contributed by atoms with van der Waals surface area (Å²) in [6.07, 6.45) is 0. The molecular weight excluding hydrogens is 246 g/mol. The lowest BCUT2D eigenvalue weighted by molar-refractivity contribution is 0.626. The third-order valence-electron chi connectivity index (χ3n) is 2.76. The summed E-state index contributed by atoms with van der Waals surface area (Å²) >= 11 is 0. The predicted molar refractivity (Wildman–Crippen MR) is 70.2 cm³/mol. The Kier molecular flexibility index (Phi) is 3.76. The summed E-state index contributed by atoms with van der Waals surface area (Å²) in [5, 5.41) is 8.86. The van der Waals surface area contributed by atoms with Crippen LogP contribution in [0.2, 0.25) is 0 Å². The Morgan fingerprint density at radius 1 is 1.05 bits per heavy atom. The van der Waals surface area contributed by atoms with Gasteiger partial charge in [-0.05, 0) is 43.3 Å². The summed E-state index contributed by atoms with van der Waals surface area (Å²) in [5.41, 5.74) is 1.39. The average Bonchev–Trinajstić information content (AvgIpc) is 2.39. The highest BCUT2D eigenvalue weighted by molar-refractivity contribution is 5.64. The monoisotopic (exact) mass is 258 g/mol. The van der Waals surface area contributed by atoms with E-state index in [1.807, 2.05) is 13.0 Å². The first kappa shape index (κ1) is 13.0. The van der Waals surface area contributed by atoms with Gasteiger partial charge in [0.15, 0.2) is 0 Å². The van der Waals surface area contributed by atoms with Gasteiger partial charge in [-0.1, -0.05) is 6.07 Å². The molecule has 0 aliphatic carbocycles. The molecule has 0 amide bonds. The van der Waals surface area contributed by atoms with Crippen molar-refractivity contribution in [3.8, 4) is 6.07 Å². The standard InChI is InChI=1S/C15H12F2N2/c1-2-19(14-5-3-4-12(16)8-14)15-7-11(10-18)6-13(17)9-15/h3-9H,2H2,1H3. The zero-order valence-corrected chi connectivity index (χ0v) is 10.4. The van der Waals surface area contributed by atoms with Gasteiger partial charge in [-0.15, -0.1) is 0 Å². The number of hydrogen-bond donors (Lipinski definition) is 0. The van der Waals surface area contributed by atoms with Crippen LogP contribution < -0.4 is 4.90 Å². The molecule has 2 nitrogen and oxygen atoms in total. The van der Waals surface area contributed by atoms with Crippen LogP contribution in [-0.4, -0.2) is 6.54 Å². The van der Waals surface area contributed by atoms with E-state index in [2.05, 4.69) is 0 Å².